The van der Waals surface area contributed by atoms with Crippen LogP contribution in [-0.4, -0.2) is 43.4 Å². The van der Waals surface area contributed by atoms with Crippen molar-refractivity contribution in [2.24, 2.45) is 0 Å². The predicted octanol–water partition coefficient (Wildman–Crippen LogP) is 6.38. The molecule has 2 atom stereocenters. The Morgan fingerprint density at radius 1 is 0.971 bits per heavy atom. The highest BCUT2D eigenvalue weighted by Crippen LogP contribution is 2.43. The summed E-state index contributed by atoms with van der Waals surface area (Å²) in [6.45, 7) is 0.0440. The van der Waals surface area contributed by atoms with Gasteiger partial charge in [0.2, 0.25) is 0 Å². The molecule has 2 aromatic rings. The van der Waals surface area contributed by atoms with Crippen LogP contribution in [0.5, 0.6) is 5.75 Å². The van der Waals surface area contributed by atoms with Gasteiger partial charge in [-0.1, -0.05) is 35.9 Å². The number of aliphatic hydroxyl groups excluding tert-OH is 1. The third-order valence-electron chi connectivity index (χ3n) is 6.30. The van der Waals surface area contributed by atoms with Gasteiger partial charge in [0.05, 0.1) is 24.0 Å². The quantitative estimate of drug-likeness (QED) is 0.369. The smallest absolute Gasteiger partial charge is 0.406 e. The first kappa shape index (κ1) is 25.2. The van der Waals surface area contributed by atoms with Crippen molar-refractivity contribution < 1.29 is 36.2 Å². The van der Waals surface area contributed by atoms with Gasteiger partial charge in [-0.3, -0.25) is 0 Å². The molecule has 1 heterocycles. The number of β-amino-alcohol motifs (C(OH)–C–C–N with tert-alkyl or cyclic N) is 1. The second-order valence-corrected chi connectivity index (χ2v) is 8.82. The monoisotopic (exact) mass is 500 g/mol. The van der Waals surface area contributed by atoms with E-state index >= 15 is 0 Å². The van der Waals surface area contributed by atoms with E-state index in [4.69, 9.17) is 0 Å². The number of allylic oxidation sites excluding steroid dienone is 1. The lowest BCUT2D eigenvalue weighted by atomic mass is 9.95. The zero-order valence-corrected chi connectivity index (χ0v) is 18.8. The van der Waals surface area contributed by atoms with Crippen molar-refractivity contribution in [1.29, 1.82) is 0 Å². The molecule has 2 unspecified atom stereocenters. The number of benzene rings is 2. The number of alkyl halides is 6. The number of para-hydroxylation sites is 2. The topological polar surface area (TPSA) is 35.9 Å². The second kappa shape index (κ2) is 10.0. The van der Waals surface area contributed by atoms with E-state index in [1.54, 1.807) is 24.3 Å². The number of rotatable bonds is 6. The summed E-state index contributed by atoms with van der Waals surface area (Å²) in [4.78, 5) is 3.47. The summed E-state index contributed by atoms with van der Waals surface area (Å²) < 4.78 is 82.4. The molecule has 1 N–H and O–H groups in total. The molecule has 4 nitrogen and oxygen atoms in total. The Morgan fingerprint density at radius 2 is 1.71 bits per heavy atom. The number of hydrogen-bond acceptors (Lipinski definition) is 4. The van der Waals surface area contributed by atoms with Crippen molar-refractivity contribution >= 4 is 11.4 Å². The molecule has 10 heteroatoms. The molecule has 0 saturated carbocycles. The van der Waals surface area contributed by atoms with Gasteiger partial charge in [0.15, 0.2) is 6.10 Å². The van der Waals surface area contributed by atoms with Crippen molar-refractivity contribution in [3.05, 3.63) is 65.7 Å². The van der Waals surface area contributed by atoms with E-state index in [-0.39, 0.29) is 6.54 Å². The molecular formula is C25H26F6N2O2. The number of hydrogen-bond donors (Lipinski definition) is 1. The van der Waals surface area contributed by atoms with Crippen LogP contribution in [0.1, 0.15) is 37.3 Å². The van der Waals surface area contributed by atoms with Crippen LogP contribution in [-0.2, 0) is 0 Å². The Balaban J connectivity index is 1.74. The average Bonchev–Trinajstić information content (AvgIpc) is 2.79. The van der Waals surface area contributed by atoms with E-state index < -0.39 is 37.0 Å². The van der Waals surface area contributed by atoms with E-state index in [9.17, 15) is 31.4 Å². The molecular weight excluding hydrogens is 474 g/mol. The number of halogens is 6. The molecule has 0 radical (unpaired) electrons. The van der Waals surface area contributed by atoms with Gasteiger partial charge in [0.1, 0.15) is 5.75 Å². The summed E-state index contributed by atoms with van der Waals surface area (Å²) in [6, 6.07) is 11.5. The number of fused-ring (bicyclic) bond motifs is 1. The summed E-state index contributed by atoms with van der Waals surface area (Å²) in [5, 5.41) is 9.90. The standard InChI is InChI=1S/C25H26F6N2O2/c26-24(27,28)23(34)16-33-21-12-5-4-11-20(21)32(14-17-7-2-1-3-8-17)15-22(33)18-9-6-10-19(13-18)35-25(29,30)31/h4-7,9-13,22-23,34H,1-3,8,14-16H2. The zero-order chi connectivity index (χ0) is 25.2. The fourth-order valence-electron chi connectivity index (χ4n) is 4.71. The van der Waals surface area contributed by atoms with E-state index in [1.165, 1.54) is 22.6 Å². The van der Waals surface area contributed by atoms with Crippen molar-refractivity contribution in [1.82, 2.24) is 0 Å². The van der Waals surface area contributed by atoms with Crippen molar-refractivity contribution in [2.75, 3.05) is 29.4 Å². The molecule has 4 rings (SSSR count). The van der Waals surface area contributed by atoms with Gasteiger partial charge in [-0.05, 0) is 55.5 Å². The summed E-state index contributed by atoms with van der Waals surface area (Å²) >= 11 is 0. The molecule has 35 heavy (non-hydrogen) atoms. The van der Waals surface area contributed by atoms with Gasteiger partial charge in [-0.2, -0.15) is 13.2 Å². The molecule has 0 amide bonds. The minimum absolute atomic E-state index is 0.231. The Labute approximate surface area is 199 Å². The fourth-order valence-corrected chi connectivity index (χ4v) is 4.71. The van der Waals surface area contributed by atoms with Crippen LogP contribution in [0.15, 0.2) is 60.2 Å². The minimum atomic E-state index is -4.90. The van der Waals surface area contributed by atoms with Gasteiger partial charge in [-0.15, -0.1) is 13.2 Å². The highest BCUT2D eigenvalue weighted by atomic mass is 19.4. The lowest BCUT2D eigenvalue weighted by Crippen LogP contribution is -2.49. The number of ether oxygens (including phenoxy) is 1. The summed E-state index contributed by atoms with van der Waals surface area (Å²) in [5.41, 5.74) is 2.78. The molecule has 1 aliphatic carbocycles. The highest BCUT2D eigenvalue weighted by molar-refractivity contribution is 5.75. The summed E-state index contributed by atoms with van der Waals surface area (Å²) in [5.74, 6) is -0.452. The van der Waals surface area contributed by atoms with Crippen LogP contribution in [0.25, 0.3) is 0 Å². The van der Waals surface area contributed by atoms with E-state index in [2.05, 4.69) is 10.8 Å². The molecule has 0 bridgehead atoms. The summed E-state index contributed by atoms with van der Waals surface area (Å²) in [6.07, 6.45) is -6.12. The highest BCUT2D eigenvalue weighted by Gasteiger charge is 2.42. The van der Waals surface area contributed by atoms with Crippen molar-refractivity contribution in [3.63, 3.8) is 0 Å². The Hall–Kier alpha value is -2.88. The average molecular weight is 500 g/mol. The number of nitrogens with zero attached hydrogens (tertiary/aromatic N) is 2. The normalized spacial score (nSPS) is 19.7. The first-order valence-corrected chi connectivity index (χ1v) is 11.4. The molecule has 1 aliphatic heterocycles. The molecule has 0 aromatic heterocycles. The summed E-state index contributed by atoms with van der Waals surface area (Å²) in [7, 11) is 0. The minimum Gasteiger partial charge on any atom is -0.406 e. The Morgan fingerprint density at radius 3 is 2.37 bits per heavy atom. The molecule has 0 spiro atoms. The molecule has 2 aliphatic rings. The van der Waals surface area contributed by atoms with E-state index in [1.807, 2.05) is 11.0 Å². The Bertz CT molecular complexity index is 1050. The SMILES string of the molecule is OC(CN1c2ccccc2N(CC2=CCCCC2)CC1c1cccc(OC(F)(F)F)c1)C(F)(F)F. The van der Waals surface area contributed by atoms with Crippen molar-refractivity contribution in [3.8, 4) is 5.75 Å². The van der Waals surface area contributed by atoms with Gasteiger partial charge < -0.3 is 19.6 Å². The van der Waals surface area contributed by atoms with Crippen LogP contribution in [0.2, 0.25) is 0 Å². The molecule has 2 aromatic carbocycles. The van der Waals surface area contributed by atoms with Crippen LogP contribution < -0.4 is 14.5 Å². The maximum Gasteiger partial charge on any atom is 0.573 e. The third kappa shape index (κ3) is 6.22. The van der Waals surface area contributed by atoms with Gasteiger partial charge in [0.25, 0.3) is 0 Å². The van der Waals surface area contributed by atoms with Crippen LogP contribution in [0.4, 0.5) is 37.7 Å². The number of anilines is 2. The van der Waals surface area contributed by atoms with Crippen LogP contribution in [0.3, 0.4) is 0 Å². The second-order valence-electron chi connectivity index (χ2n) is 8.82. The first-order valence-electron chi connectivity index (χ1n) is 11.4. The van der Waals surface area contributed by atoms with Gasteiger partial charge in [0, 0.05) is 13.1 Å². The first-order chi connectivity index (χ1) is 16.5. The van der Waals surface area contributed by atoms with Gasteiger partial charge >= 0.3 is 12.5 Å². The maximum absolute atomic E-state index is 13.3. The largest absolute Gasteiger partial charge is 0.573 e. The van der Waals surface area contributed by atoms with E-state index in [0.29, 0.717) is 23.5 Å². The molecule has 0 saturated heterocycles. The van der Waals surface area contributed by atoms with Crippen molar-refractivity contribution in [2.45, 2.75) is 50.4 Å². The fraction of sp³-hybridized carbons (Fsp3) is 0.440. The third-order valence-corrected chi connectivity index (χ3v) is 6.30. The molecule has 0 fully saturated rings. The number of aliphatic hydroxyl groups is 1. The Kier molecular flexibility index (Phi) is 7.21. The van der Waals surface area contributed by atoms with Gasteiger partial charge in [-0.25, -0.2) is 0 Å². The zero-order valence-electron chi connectivity index (χ0n) is 18.8. The lowest BCUT2D eigenvalue weighted by Gasteiger charge is -2.46. The van der Waals surface area contributed by atoms with Crippen LogP contribution in [0, 0.1) is 0 Å². The lowest BCUT2D eigenvalue weighted by molar-refractivity contribution is -0.274. The van der Waals surface area contributed by atoms with Crippen LogP contribution >= 0.6 is 0 Å². The molecule has 190 valence electrons. The van der Waals surface area contributed by atoms with E-state index in [0.717, 1.165) is 31.7 Å². The maximum atomic E-state index is 13.3. The predicted molar refractivity (Wildman–Crippen MR) is 120 cm³/mol.